The normalized spacial score (nSPS) is 11.5. The molecule has 2 aromatic rings. The van der Waals surface area contributed by atoms with Gasteiger partial charge in [-0.05, 0) is 0 Å². The Bertz CT molecular complexity index is 719. The van der Waals surface area contributed by atoms with Crippen LogP contribution in [-0.4, -0.2) is 35.1 Å². The molecule has 0 amide bonds. The third-order valence-corrected chi connectivity index (χ3v) is 5.63. The van der Waals surface area contributed by atoms with Gasteiger partial charge in [0, 0.05) is 0 Å². The number of benzene rings is 2. The van der Waals surface area contributed by atoms with E-state index in [-0.39, 0.29) is 5.97 Å². The second-order valence-corrected chi connectivity index (χ2v) is 7.71. The molecule has 2 aromatic carbocycles. The van der Waals surface area contributed by atoms with Crippen LogP contribution in [0.3, 0.4) is 0 Å². The average Bonchev–Trinajstić information content (AvgIpc) is 2.67. The SMILES string of the molecule is COC(=O)/C=C/C(=C\c1ccc(OC)cc1)CC[Se]c1ccccc1. The van der Waals surface area contributed by atoms with Crippen molar-refractivity contribution in [2.24, 2.45) is 0 Å². The van der Waals surface area contributed by atoms with Crippen molar-refractivity contribution in [2.75, 3.05) is 14.2 Å². The topological polar surface area (TPSA) is 35.5 Å². The second-order valence-electron chi connectivity index (χ2n) is 5.26. The maximum absolute atomic E-state index is 11.4. The van der Waals surface area contributed by atoms with E-state index in [0.717, 1.165) is 28.6 Å². The minimum atomic E-state index is -0.339. The van der Waals surface area contributed by atoms with Crippen molar-refractivity contribution in [1.82, 2.24) is 0 Å². The third kappa shape index (κ3) is 7.00. The molecule has 0 saturated carbocycles. The van der Waals surface area contributed by atoms with E-state index in [1.807, 2.05) is 36.4 Å². The molecule has 0 atom stereocenters. The molecule has 0 spiro atoms. The number of ether oxygens (including phenoxy) is 2. The van der Waals surface area contributed by atoms with Crippen LogP contribution in [0.4, 0.5) is 0 Å². The van der Waals surface area contributed by atoms with Crippen molar-refractivity contribution in [3.05, 3.63) is 77.9 Å². The summed E-state index contributed by atoms with van der Waals surface area (Å²) in [5.74, 6) is 0.491. The van der Waals surface area contributed by atoms with E-state index in [1.54, 1.807) is 7.11 Å². The molecule has 0 aliphatic carbocycles. The van der Waals surface area contributed by atoms with Gasteiger partial charge >= 0.3 is 155 Å². The Morgan fingerprint density at radius 2 is 1.72 bits per heavy atom. The van der Waals surface area contributed by atoms with Gasteiger partial charge in [0.2, 0.25) is 0 Å². The first-order valence-electron chi connectivity index (χ1n) is 8.00. The molecule has 0 N–H and O–H groups in total. The molecule has 0 saturated heterocycles. The van der Waals surface area contributed by atoms with Crippen LogP contribution in [0.25, 0.3) is 6.08 Å². The Kier molecular flexibility index (Phi) is 8.03. The number of allylic oxidation sites excluding steroid dienone is 2. The summed E-state index contributed by atoms with van der Waals surface area (Å²) in [6.07, 6.45) is 6.33. The van der Waals surface area contributed by atoms with Crippen molar-refractivity contribution in [2.45, 2.75) is 11.7 Å². The number of carbonyl (C=O) groups excluding carboxylic acids is 1. The van der Waals surface area contributed by atoms with Crippen LogP contribution in [0.15, 0.2) is 72.3 Å². The van der Waals surface area contributed by atoms with Crippen LogP contribution in [-0.2, 0) is 9.53 Å². The molecule has 0 aliphatic rings. The summed E-state index contributed by atoms with van der Waals surface area (Å²) in [7, 11) is 3.04. The molecular formula is C21H22O3Se. The summed E-state index contributed by atoms with van der Waals surface area (Å²) in [5, 5.41) is 1.07. The van der Waals surface area contributed by atoms with Crippen LogP contribution in [0, 0.1) is 0 Å². The van der Waals surface area contributed by atoms with Crippen molar-refractivity contribution < 1.29 is 14.3 Å². The van der Waals surface area contributed by atoms with Gasteiger partial charge in [0.1, 0.15) is 0 Å². The molecule has 0 aliphatic heterocycles. The van der Waals surface area contributed by atoms with E-state index in [0.29, 0.717) is 15.0 Å². The zero-order valence-corrected chi connectivity index (χ0v) is 16.2. The molecule has 0 bridgehead atoms. The van der Waals surface area contributed by atoms with Gasteiger partial charge in [0.05, 0.1) is 0 Å². The Hall–Kier alpha value is -2.29. The Labute approximate surface area is 155 Å². The number of carbonyl (C=O) groups is 1. The summed E-state index contributed by atoms with van der Waals surface area (Å²) < 4.78 is 11.3. The number of methoxy groups -OCH3 is 2. The van der Waals surface area contributed by atoms with Gasteiger partial charge in [-0.1, -0.05) is 0 Å². The maximum atomic E-state index is 11.4. The van der Waals surface area contributed by atoms with Crippen LogP contribution in [0.2, 0.25) is 5.32 Å². The van der Waals surface area contributed by atoms with Crippen LogP contribution in [0.5, 0.6) is 5.75 Å². The van der Waals surface area contributed by atoms with Crippen molar-refractivity contribution in [1.29, 1.82) is 0 Å². The summed E-state index contributed by atoms with van der Waals surface area (Å²) in [4.78, 5) is 11.4. The van der Waals surface area contributed by atoms with Crippen LogP contribution in [0.1, 0.15) is 12.0 Å². The zero-order chi connectivity index (χ0) is 17.9. The summed E-state index contributed by atoms with van der Waals surface area (Å²) >= 11 is 0.416. The van der Waals surface area contributed by atoms with E-state index in [4.69, 9.17) is 4.74 Å². The van der Waals surface area contributed by atoms with E-state index in [1.165, 1.54) is 17.6 Å². The van der Waals surface area contributed by atoms with Crippen LogP contribution >= 0.6 is 0 Å². The molecular weight excluding hydrogens is 379 g/mol. The molecule has 0 fully saturated rings. The van der Waals surface area contributed by atoms with Gasteiger partial charge in [0.15, 0.2) is 0 Å². The summed E-state index contributed by atoms with van der Waals surface area (Å²) in [6.45, 7) is 0. The number of rotatable bonds is 8. The van der Waals surface area contributed by atoms with Gasteiger partial charge in [-0.15, -0.1) is 0 Å². The number of hydrogen-bond acceptors (Lipinski definition) is 3. The van der Waals surface area contributed by atoms with Gasteiger partial charge in [-0.3, -0.25) is 0 Å². The minimum absolute atomic E-state index is 0.339. The van der Waals surface area contributed by atoms with Gasteiger partial charge < -0.3 is 0 Å². The summed E-state index contributed by atoms with van der Waals surface area (Å²) in [6, 6.07) is 18.4. The predicted molar refractivity (Wildman–Crippen MR) is 103 cm³/mol. The van der Waals surface area contributed by atoms with Gasteiger partial charge in [-0.25, -0.2) is 0 Å². The van der Waals surface area contributed by atoms with Crippen molar-refractivity contribution >= 4 is 31.5 Å². The number of hydrogen-bond donors (Lipinski definition) is 0. The summed E-state index contributed by atoms with van der Waals surface area (Å²) in [5.41, 5.74) is 2.19. The third-order valence-electron chi connectivity index (χ3n) is 3.51. The Balaban J connectivity index is 2.06. The Morgan fingerprint density at radius 3 is 2.36 bits per heavy atom. The monoisotopic (exact) mass is 402 g/mol. The molecule has 3 nitrogen and oxygen atoms in total. The quantitative estimate of drug-likeness (QED) is 0.293. The van der Waals surface area contributed by atoms with Gasteiger partial charge in [-0.2, -0.15) is 0 Å². The van der Waals surface area contributed by atoms with E-state index < -0.39 is 0 Å². The standard InChI is InChI=1S/C21H22O3Se/c1-23-19-11-8-17(9-12-19)16-18(10-13-21(22)24-2)14-15-25-20-6-4-3-5-7-20/h3-13,16H,14-15H2,1-2H3/b13-10+,18-16+. The molecule has 4 heteroatoms. The molecule has 25 heavy (non-hydrogen) atoms. The van der Waals surface area contributed by atoms with E-state index in [9.17, 15) is 4.79 Å². The predicted octanol–water partition coefficient (Wildman–Crippen LogP) is 3.65. The first-order chi connectivity index (χ1) is 12.2. The molecule has 0 aromatic heterocycles. The Morgan fingerprint density at radius 1 is 1.00 bits per heavy atom. The molecule has 0 heterocycles. The molecule has 0 radical (unpaired) electrons. The fourth-order valence-corrected chi connectivity index (χ4v) is 4.10. The van der Waals surface area contributed by atoms with Crippen molar-refractivity contribution in [3.63, 3.8) is 0 Å². The van der Waals surface area contributed by atoms with E-state index in [2.05, 4.69) is 35.1 Å². The first-order valence-corrected chi connectivity index (χ1v) is 10.1. The zero-order valence-electron chi connectivity index (χ0n) is 14.5. The fraction of sp³-hybridized carbons (Fsp3) is 0.190. The van der Waals surface area contributed by atoms with Gasteiger partial charge in [0.25, 0.3) is 0 Å². The molecule has 130 valence electrons. The average molecular weight is 401 g/mol. The fourth-order valence-electron chi connectivity index (χ4n) is 2.16. The number of esters is 1. The second kappa shape index (κ2) is 10.5. The van der Waals surface area contributed by atoms with Crippen LogP contribution < -0.4 is 9.20 Å². The molecule has 2 rings (SSSR count). The molecule has 0 unspecified atom stereocenters. The first kappa shape index (κ1) is 19.0. The van der Waals surface area contributed by atoms with E-state index >= 15 is 0 Å². The van der Waals surface area contributed by atoms with Crippen molar-refractivity contribution in [3.8, 4) is 5.75 Å².